The summed E-state index contributed by atoms with van der Waals surface area (Å²) in [6, 6.07) is 10.5. The third-order valence-corrected chi connectivity index (χ3v) is 5.66. The fraction of sp³-hybridized carbons (Fsp3) is 0.167. The molecule has 0 fully saturated rings. The first kappa shape index (κ1) is 21.1. The smallest absolute Gasteiger partial charge is 0.330 e. The minimum absolute atomic E-state index is 0.298. The molecule has 1 heterocycles. The fourth-order valence-electron chi connectivity index (χ4n) is 2.24. The number of amides is 1. The van der Waals surface area contributed by atoms with Gasteiger partial charge in [0, 0.05) is 5.69 Å². The highest BCUT2D eigenvalue weighted by Crippen LogP contribution is 2.35. The van der Waals surface area contributed by atoms with Crippen molar-refractivity contribution in [3.63, 3.8) is 0 Å². The van der Waals surface area contributed by atoms with E-state index in [-0.39, 0.29) is 11.5 Å². The normalized spacial score (nSPS) is 12.4. The molecule has 11 heteroatoms. The molecule has 152 valence electrons. The molecule has 2 N–H and O–H groups in total. The van der Waals surface area contributed by atoms with Crippen molar-refractivity contribution >= 4 is 45.5 Å². The monoisotopic (exact) mass is 442 g/mol. The molecule has 0 unspecified atom stereocenters. The van der Waals surface area contributed by atoms with Crippen LogP contribution in [0.4, 0.5) is 34.1 Å². The zero-order valence-electron chi connectivity index (χ0n) is 14.8. The molecular formula is C18H14F4N4OS2. The van der Waals surface area contributed by atoms with Gasteiger partial charge in [-0.05, 0) is 43.3 Å². The molecule has 5 nitrogen and oxygen atoms in total. The van der Waals surface area contributed by atoms with Crippen LogP contribution in [0.15, 0.2) is 52.9 Å². The molecule has 1 aromatic heterocycles. The summed E-state index contributed by atoms with van der Waals surface area (Å²) in [6.07, 6.45) is -4.57. The Bertz CT molecular complexity index is 992. The highest BCUT2D eigenvalue weighted by atomic mass is 32.2. The van der Waals surface area contributed by atoms with Gasteiger partial charge in [0.2, 0.25) is 11.0 Å². The van der Waals surface area contributed by atoms with Crippen molar-refractivity contribution in [2.45, 2.75) is 22.7 Å². The van der Waals surface area contributed by atoms with E-state index in [0.717, 1.165) is 17.8 Å². The Labute approximate surface area is 171 Å². The highest BCUT2D eigenvalue weighted by Gasteiger charge is 2.34. The molecule has 0 radical (unpaired) electrons. The second-order valence-corrected chi connectivity index (χ2v) is 8.36. The molecule has 0 bridgehead atoms. The Morgan fingerprint density at radius 2 is 1.79 bits per heavy atom. The molecule has 3 rings (SSSR count). The van der Waals surface area contributed by atoms with Gasteiger partial charge in [-0.25, -0.2) is 4.39 Å². The summed E-state index contributed by atoms with van der Waals surface area (Å²) in [4.78, 5) is 12.3. The van der Waals surface area contributed by atoms with E-state index in [4.69, 9.17) is 0 Å². The summed E-state index contributed by atoms with van der Waals surface area (Å²) in [5.74, 6) is -0.953. The Hall–Kier alpha value is -2.66. The summed E-state index contributed by atoms with van der Waals surface area (Å²) >= 11 is 2.24. The Morgan fingerprint density at radius 1 is 1.10 bits per heavy atom. The van der Waals surface area contributed by atoms with E-state index in [1.54, 1.807) is 6.92 Å². The molecule has 1 amide bonds. The lowest BCUT2D eigenvalue weighted by Gasteiger charge is -2.15. The molecular weight excluding hydrogens is 428 g/mol. The lowest BCUT2D eigenvalue weighted by Crippen LogP contribution is -2.24. The van der Waals surface area contributed by atoms with Crippen LogP contribution in [0, 0.1) is 5.82 Å². The number of carbonyl (C=O) groups is 1. The van der Waals surface area contributed by atoms with Gasteiger partial charge < -0.3 is 10.6 Å². The van der Waals surface area contributed by atoms with Crippen LogP contribution in [0.25, 0.3) is 0 Å². The van der Waals surface area contributed by atoms with Gasteiger partial charge in [-0.2, -0.15) is 13.2 Å². The van der Waals surface area contributed by atoms with E-state index in [0.29, 0.717) is 15.2 Å². The molecule has 1 atom stereocenters. The van der Waals surface area contributed by atoms with Crippen molar-refractivity contribution in [1.82, 2.24) is 10.2 Å². The van der Waals surface area contributed by atoms with Crippen LogP contribution in [0.2, 0.25) is 0 Å². The van der Waals surface area contributed by atoms with Crippen molar-refractivity contribution in [1.29, 1.82) is 0 Å². The van der Waals surface area contributed by atoms with E-state index >= 15 is 0 Å². The van der Waals surface area contributed by atoms with Gasteiger partial charge in [0.25, 0.3) is 0 Å². The van der Waals surface area contributed by atoms with Crippen LogP contribution in [0.5, 0.6) is 0 Å². The molecule has 0 saturated carbocycles. The number of rotatable bonds is 6. The number of benzene rings is 2. The van der Waals surface area contributed by atoms with Crippen LogP contribution < -0.4 is 10.6 Å². The first-order valence-electron chi connectivity index (χ1n) is 8.22. The molecule has 0 aliphatic rings. The Morgan fingerprint density at radius 3 is 2.48 bits per heavy atom. The van der Waals surface area contributed by atoms with Crippen molar-refractivity contribution in [2.75, 3.05) is 10.6 Å². The molecule has 0 spiro atoms. The van der Waals surface area contributed by atoms with Crippen LogP contribution in [-0.4, -0.2) is 21.4 Å². The van der Waals surface area contributed by atoms with Gasteiger partial charge in [0.1, 0.15) is 5.82 Å². The predicted octanol–water partition coefficient (Wildman–Crippen LogP) is 5.56. The number of hydrogen-bond acceptors (Lipinski definition) is 6. The van der Waals surface area contributed by atoms with Crippen molar-refractivity contribution in [3.8, 4) is 0 Å². The number of nitrogens with one attached hydrogen (secondary N) is 2. The molecule has 2 aromatic carbocycles. The van der Waals surface area contributed by atoms with Crippen LogP contribution in [0.3, 0.4) is 0 Å². The lowest BCUT2D eigenvalue weighted by atomic mass is 10.1. The standard InChI is InChI=1S/C18H14F4N4OS2/c1-10(15(27)24-14-5-3-2-4-13(14)18(20,21)22)28-17-26-25-16(29-17)23-12-8-6-11(19)7-9-12/h2-10H,1H3,(H,23,25)(H,24,27)/t10-/m1/s1. The summed E-state index contributed by atoms with van der Waals surface area (Å²) in [7, 11) is 0. The number of hydrogen-bond donors (Lipinski definition) is 2. The Balaban J connectivity index is 1.62. The molecule has 0 aliphatic heterocycles. The van der Waals surface area contributed by atoms with Crippen molar-refractivity contribution in [3.05, 3.63) is 59.9 Å². The second-order valence-electron chi connectivity index (χ2n) is 5.80. The number of nitrogens with zero attached hydrogens (tertiary/aromatic N) is 2. The van der Waals surface area contributed by atoms with Crippen LogP contribution >= 0.6 is 23.1 Å². The van der Waals surface area contributed by atoms with Crippen molar-refractivity contribution in [2.24, 2.45) is 0 Å². The molecule has 29 heavy (non-hydrogen) atoms. The van der Waals surface area contributed by atoms with Gasteiger partial charge in [-0.15, -0.1) is 10.2 Å². The van der Waals surface area contributed by atoms with E-state index in [2.05, 4.69) is 20.8 Å². The Kier molecular flexibility index (Phi) is 6.38. The van der Waals surface area contributed by atoms with Gasteiger partial charge >= 0.3 is 6.18 Å². The van der Waals surface area contributed by atoms with Gasteiger partial charge in [0.05, 0.1) is 16.5 Å². The summed E-state index contributed by atoms with van der Waals surface area (Å²) in [5.41, 5.74) is -0.589. The van der Waals surface area contributed by atoms with Gasteiger partial charge in [0.15, 0.2) is 4.34 Å². The van der Waals surface area contributed by atoms with E-state index in [1.807, 2.05) is 0 Å². The SMILES string of the molecule is C[C@@H](Sc1nnc(Nc2ccc(F)cc2)s1)C(=O)Nc1ccccc1C(F)(F)F. The maximum atomic E-state index is 13.0. The number of halogens is 4. The van der Waals surface area contributed by atoms with Crippen LogP contribution in [0.1, 0.15) is 12.5 Å². The molecule has 0 aliphatic carbocycles. The topological polar surface area (TPSA) is 66.9 Å². The second kappa shape index (κ2) is 8.78. The lowest BCUT2D eigenvalue weighted by molar-refractivity contribution is -0.137. The number of thioether (sulfide) groups is 1. The summed E-state index contributed by atoms with van der Waals surface area (Å²) in [5, 5.41) is 12.9. The quantitative estimate of drug-likeness (QED) is 0.387. The third-order valence-electron chi connectivity index (χ3n) is 3.64. The molecule has 0 saturated heterocycles. The number of aromatic nitrogens is 2. The fourth-order valence-corrected chi connectivity index (χ4v) is 4.16. The summed E-state index contributed by atoms with van der Waals surface area (Å²) < 4.78 is 52.5. The zero-order valence-corrected chi connectivity index (χ0v) is 16.5. The maximum absolute atomic E-state index is 13.0. The number of para-hydroxylation sites is 1. The van der Waals surface area contributed by atoms with Gasteiger partial charge in [-0.1, -0.05) is 35.2 Å². The first-order valence-corrected chi connectivity index (χ1v) is 9.92. The highest BCUT2D eigenvalue weighted by molar-refractivity contribution is 8.02. The number of carbonyl (C=O) groups excluding carboxylic acids is 1. The third kappa shape index (κ3) is 5.67. The van der Waals surface area contributed by atoms with E-state index in [1.165, 1.54) is 53.8 Å². The van der Waals surface area contributed by atoms with Crippen molar-refractivity contribution < 1.29 is 22.4 Å². The largest absolute Gasteiger partial charge is 0.418 e. The first-order chi connectivity index (χ1) is 13.7. The maximum Gasteiger partial charge on any atom is 0.418 e. The minimum Gasteiger partial charge on any atom is -0.330 e. The van der Waals surface area contributed by atoms with E-state index < -0.39 is 22.9 Å². The average molecular weight is 442 g/mol. The average Bonchev–Trinajstić information content (AvgIpc) is 3.10. The van der Waals surface area contributed by atoms with Gasteiger partial charge in [-0.3, -0.25) is 4.79 Å². The minimum atomic E-state index is -4.57. The molecule has 3 aromatic rings. The predicted molar refractivity (Wildman–Crippen MR) is 105 cm³/mol. The number of anilines is 3. The zero-order chi connectivity index (χ0) is 21.0. The van der Waals surface area contributed by atoms with E-state index in [9.17, 15) is 22.4 Å². The van der Waals surface area contributed by atoms with Crippen LogP contribution in [-0.2, 0) is 11.0 Å². The number of alkyl halides is 3. The summed E-state index contributed by atoms with van der Waals surface area (Å²) in [6.45, 7) is 1.56.